The van der Waals surface area contributed by atoms with E-state index >= 15 is 0 Å². The quantitative estimate of drug-likeness (QED) is 0.0627. The van der Waals surface area contributed by atoms with Crippen LogP contribution in [0.25, 0.3) is 54.5 Å². The molecule has 578 valence electrons. The highest BCUT2D eigenvalue weighted by molar-refractivity contribution is 6.32. The Hall–Kier alpha value is -12.4. The number of nitrogens with zero attached hydrogens (tertiary/aromatic N) is 8. The summed E-state index contributed by atoms with van der Waals surface area (Å²) >= 11 is 23.4. The van der Waals surface area contributed by atoms with E-state index in [0.717, 1.165) is 24.8 Å². The number of aryl methyl sites for hydroxylation is 2. The molecule has 0 saturated carbocycles. The van der Waals surface area contributed by atoms with Crippen molar-refractivity contribution in [3.8, 4) is 23.0 Å². The van der Waals surface area contributed by atoms with E-state index in [1.807, 2.05) is 43.3 Å². The Morgan fingerprint density at radius 2 is 0.697 bits per heavy atom. The predicted octanol–water partition coefficient (Wildman–Crippen LogP) is 17.7. The summed E-state index contributed by atoms with van der Waals surface area (Å²) in [6.07, 6.45) is 0. The van der Waals surface area contributed by atoms with Crippen molar-refractivity contribution in [2.45, 2.75) is 78.5 Å². The van der Waals surface area contributed by atoms with Crippen LogP contribution in [-0.2, 0) is 26.7 Å². The minimum Gasteiger partial charge on any atom is -0.501 e. The van der Waals surface area contributed by atoms with Gasteiger partial charge in [-0.25, -0.2) is 18.4 Å². The van der Waals surface area contributed by atoms with Crippen molar-refractivity contribution in [2.75, 3.05) is 0 Å². The number of nitro groups is 4. The standard InChI is InChI=1S/2C16H10ClFN2O4.C16H11ClN2O4.C10H7ClN2O4.C9H7NO3.7CH4.ClH/c2*17-10-3-6-13-12(7-10)15(21)14(20(23)24)16(22)19(13)8-9-1-4-11(18)5-2-9;17-11-6-7-13-12(8-11)15(20)14(19(22)23)16(21)18(13)9-10-4-2-1-3-5-10;1-12-7-3-2-5(11)4-6(7)9(14)8(10(12)15)13(16)17;1-5-2-3-7-6(4-5)8(11)13-9(12)10-7;;;;;;;;/h2*1-7,21H,8H2;1-8,20H,9H2;2-4,14H,1H3;2-4H,1H3,(H,10,12);7*1H4;1H. The summed E-state index contributed by atoms with van der Waals surface area (Å²) in [5, 5.41) is 86.3. The summed E-state index contributed by atoms with van der Waals surface area (Å²) in [6, 6.07) is 42.7. The Morgan fingerprint density at radius 1 is 0.404 bits per heavy atom. The first-order chi connectivity index (χ1) is 47.8. The second-order valence-corrected chi connectivity index (χ2v) is 23.3. The van der Waals surface area contributed by atoms with Crippen molar-refractivity contribution in [1.29, 1.82) is 0 Å². The third-order valence-corrected chi connectivity index (χ3v) is 16.0. The topological polar surface area (TPSA) is 405 Å². The lowest BCUT2D eigenvalue weighted by molar-refractivity contribution is -0.387. The van der Waals surface area contributed by atoms with Crippen LogP contribution in [0.5, 0.6) is 23.0 Å². The maximum atomic E-state index is 13.0. The fourth-order valence-corrected chi connectivity index (χ4v) is 11.0. The second-order valence-electron chi connectivity index (χ2n) is 21.6. The molecule has 0 amide bonds. The van der Waals surface area contributed by atoms with Crippen LogP contribution >= 0.6 is 58.8 Å². The minimum absolute atomic E-state index is 0. The van der Waals surface area contributed by atoms with Gasteiger partial charge in [-0.1, -0.05) is 165 Å². The summed E-state index contributed by atoms with van der Waals surface area (Å²) in [5.41, 5.74) is -2.99. The van der Waals surface area contributed by atoms with E-state index in [-0.39, 0.29) is 127 Å². The molecule has 13 rings (SSSR count). The van der Waals surface area contributed by atoms with Crippen LogP contribution in [0.1, 0.15) is 74.2 Å². The van der Waals surface area contributed by atoms with Gasteiger partial charge in [-0.2, -0.15) is 0 Å². The van der Waals surface area contributed by atoms with E-state index < -0.39 is 111 Å². The molecule has 8 aromatic carbocycles. The number of rotatable bonds is 10. The molecule has 0 fully saturated rings. The first-order valence-corrected chi connectivity index (χ1v) is 30.3. The van der Waals surface area contributed by atoms with Crippen LogP contribution in [0.2, 0.25) is 20.1 Å². The Kier molecular flexibility index (Phi) is 34.6. The molecule has 0 unspecified atom stereocenters. The number of aromatic nitrogens is 5. The zero-order valence-corrected chi connectivity index (χ0v) is 55.8. The second kappa shape index (κ2) is 39.8. The summed E-state index contributed by atoms with van der Waals surface area (Å²) < 4.78 is 35.1. The number of aromatic amines is 1. The van der Waals surface area contributed by atoms with Crippen LogP contribution < -0.4 is 33.6 Å². The van der Waals surface area contributed by atoms with Gasteiger partial charge in [0.2, 0.25) is 23.0 Å². The maximum Gasteiger partial charge on any atom is 0.419 e. The number of H-pyrrole nitrogens is 1. The molecule has 0 spiro atoms. The molecule has 5 heterocycles. The maximum absolute atomic E-state index is 13.0. The van der Waals surface area contributed by atoms with Gasteiger partial charge in [0.05, 0.1) is 72.3 Å². The molecule has 35 heteroatoms. The van der Waals surface area contributed by atoms with Crippen LogP contribution in [0.3, 0.4) is 0 Å². The van der Waals surface area contributed by atoms with Gasteiger partial charge < -0.3 is 29.4 Å². The van der Waals surface area contributed by atoms with Crippen molar-refractivity contribution < 1.29 is 53.3 Å². The molecule has 28 nitrogen and oxygen atoms in total. The number of fused-ring (bicyclic) bond motifs is 5. The zero-order valence-electron chi connectivity index (χ0n) is 52.0. The molecule has 0 saturated heterocycles. The van der Waals surface area contributed by atoms with Crippen molar-refractivity contribution in [3.63, 3.8) is 0 Å². The molecule has 0 bridgehead atoms. The van der Waals surface area contributed by atoms with Crippen molar-refractivity contribution in [2.24, 2.45) is 7.05 Å². The van der Waals surface area contributed by atoms with Gasteiger partial charge in [0, 0.05) is 48.7 Å². The van der Waals surface area contributed by atoms with Gasteiger partial charge in [-0.15, -0.1) is 12.4 Å². The summed E-state index contributed by atoms with van der Waals surface area (Å²) in [6.45, 7) is 1.99. The Bertz CT molecular complexity index is 5760. The average Bonchev–Trinajstić information content (AvgIpc) is 0.777. The van der Waals surface area contributed by atoms with E-state index in [2.05, 4.69) is 9.40 Å². The van der Waals surface area contributed by atoms with Crippen LogP contribution in [0, 0.1) is 59.0 Å². The lowest BCUT2D eigenvalue weighted by Crippen LogP contribution is -2.23. The number of nitrogens with one attached hydrogen (secondary N) is 1. The van der Waals surface area contributed by atoms with Gasteiger partial charge >= 0.3 is 56.4 Å². The third kappa shape index (κ3) is 20.8. The molecule has 13 aromatic rings. The molecule has 0 atom stereocenters. The van der Waals surface area contributed by atoms with Crippen LogP contribution in [0.15, 0.2) is 203 Å². The number of aromatic hydroxyl groups is 4. The molecule has 0 radical (unpaired) electrons. The van der Waals surface area contributed by atoms with E-state index in [9.17, 15) is 98.4 Å². The highest BCUT2D eigenvalue weighted by Crippen LogP contribution is 2.37. The number of hydrogen-bond donors (Lipinski definition) is 5. The highest BCUT2D eigenvalue weighted by atomic mass is 35.5. The Morgan fingerprint density at radius 3 is 1.02 bits per heavy atom. The van der Waals surface area contributed by atoms with Gasteiger partial charge in [-0.05, 0) is 133 Å². The number of pyridine rings is 4. The number of halogens is 7. The molecular weight excluding hydrogens is 1530 g/mol. The first-order valence-electron chi connectivity index (χ1n) is 28.8. The molecular formula is C74H74Cl5F2N9O19. The van der Waals surface area contributed by atoms with Crippen LogP contribution in [-0.4, -0.2) is 63.4 Å². The van der Waals surface area contributed by atoms with Gasteiger partial charge in [-0.3, -0.25) is 78.3 Å². The lowest BCUT2D eigenvalue weighted by atomic mass is 10.1. The molecule has 5 aromatic heterocycles. The van der Waals surface area contributed by atoms with E-state index in [1.54, 1.807) is 24.3 Å². The third-order valence-electron chi connectivity index (χ3n) is 15.1. The van der Waals surface area contributed by atoms with E-state index in [0.29, 0.717) is 43.1 Å². The van der Waals surface area contributed by atoms with Gasteiger partial charge in [0.15, 0.2) is 0 Å². The molecule has 109 heavy (non-hydrogen) atoms. The fraction of sp³-hybridized carbons (Fsp3) is 0.162. The van der Waals surface area contributed by atoms with Gasteiger partial charge in [0.25, 0.3) is 0 Å². The largest absolute Gasteiger partial charge is 0.501 e. The zero-order chi connectivity index (χ0) is 73.6. The highest BCUT2D eigenvalue weighted by Gasteiger charge is 2.30. The number of hydrogen-bond acceptors (Lipinski definition) is 19. The predicted molar refractivity (Wildman–Crippen MR) is 426 cm³/mol. The molecule has 0 aliphatic heterocycles. The van der Waals surface area contributed by atoms with Crippen molar-refractivity contribution >= 4 is 136 Å². The SMILES string of the molecule is C.C.C.C.C.C.C.Cc1ccc2[nH]c(=O)oc(=O)c2c1.Cl.Cn1c(=O)c([N+](=O)[O-])c(O)c2cc(Cl)ccc21.O=c1c([N+](=O)[O-])c(O)c2cc(Cl)ccc2n1Cc1ccc(F)cc1.O=c1c([N+](=O)[O-])c(O)c2cc(Cl)ccc2n1Cc1ccc(F)cc1.O=c1c([N+](=O)[O-])c(O)c2cc(Cl)ccc2n1Cc1ccccc1. The van der Waals surface area contributed by atoms with E-state index in [4.69, 9.17) is 46.4 Å². The average molecular weight is 1610 g/mol. The normalized spacial score (nSPS) is 10.0. The van der Waals surface area contributed by atoms with Gasteiger partial charge in [0.1, 0.15) is 11.6 Å². The summed E-state index contributed by atoms with van der Waals surface area (Å²) in [4.78, 5) is 114. The summed E-state index contributed by atoms with van der Waals surface area (Å²) in [5.74, 6) is -4.35. The first kappa shape index (κ1) is 94.7. The Labute approximate surface area is 644 Å². The molecule has 0 aliphatic carbocycles. The molecule has 0 aliphatic rings. The van der Waals surface area contributed by atoms with Crippen molar-refractivity contribution in [3.05, 3.63) is 327 Å². The minimum atomic E-state index is -0.948. The monoisotopic (exact) mass is 1610 g/mol. The van der Waals surface area contributed by atoms with E-state index in [1.165, 1.54) is 121 Å². The Balaban J connectivity index is 0.000000678. The molecule has 5 N–H and O–H groups in total. The number of benzene rings is 8. The van der Waals surface area contributed by atoms with Crippen molar-refractivity contribution in [1.82, 2.24) is 23.3 Å². The lowest BCUT2D eigenvalue weighted by Gasteiger charge is -2.12. The van der Waals surface area contributed by atoms with Crippen LogP contribution in [0.4, 0.5) is 31.5 Å². The summed E-state index contributed by atoms with van der Waals surface area (Å²) in [7, 11) is 1.39. The fourth-order valence-electron chi connectivity index (χ4n) is 10.3. The smallest absolute Gasteiger partial charge is 0.419 e.